The second-order valence-electron chi connectivity index (χ2n) is 5.75. The maximum absolute atomic E-state index is 13.4. The lowest BCUT2D eigenvalue weighted by molar-refractivity contribution is -0.129. The fraction of sp³-hybridized carbons (Fsp3) is 0.0909. The van der Waals surface area contributed by atoms with Crippen LogP contribution in [0.5, 0.6) is 11.5 Å². The van der Waals surface area contributed by atoms with Crippen molar-refractivity contribution in [2.24, 2.45) is 4.99 Å². The van der Waals surface area contributed by atoms with Crippen molar-refractivity contribution in [3.63, 3.8) is 0 Å². The number of halogens is 1. The Morgan fingerprint density at radius 1 is 1.04 bits per heavy atom. The second-order valence-corrected chi connectivity index (χ2v) is 5.75. The standard InChI is InChI=1S/C22H18FNO4/c1-3-10-26-19-9-8-15(13-20(19)27-11-4-2)12-18-22(25)28-21(24-18)16-6-5-7-17(23)14-16/h3-9,12-14H,1-2,10-11H2/b18-12+. The molecule has 0 radical (unpaired) electrons. The number of benzene rings is 2. The summed E-state index contributed by atoms with van der Waals surface area (Å²) in [7, 11) is 0. The first-order valence-electron chi connectivity index (χ1n) is 8.50. The Labute approximate surface area is 162 Å². The fourth-order valence-corrected chi connectivity index (χ4v) is 2.46. The van der Waals surface area contributed by atoms with Gasteiger partial charge in [-0.05, 0) is 42.0 Å². The molecule has 0 amide bonds. The highest BCUT2D eigenvalue weighted by Gasteiger charge is 2.24. The molecule has 2 aromatic carbocycles. The molecule has 1 aliphatic rings. The Hall–Kier alpha value is -3.67. The van der Waals surface area contributed by atoms with E-state index in [4.69, 9.17) is 14.2 Å². The molecular formula is C22H18FNO4. The van der Waals surface area contributed by atoms with Crippen LogP contribution in [0.15, 0.2) is 78.5 Å². The largest absolute Gasteiger partial charge is 0.486 e. The van der Waals surface area contributed by atoms with Crippen molar-refractivity contribution in [3.05, 3.63) is 90.4 Å². The van der Waals surface area contributed by atoms with E-state index in [1.807, 2.05) is 0 Å². The molecule has 0 spiro atoms. The molecule has 28 heavy (non-hydrogen) atoms. The minimum absolute atomic E-state index is 0.0600. The Morgan fingerprint density at radius 3 is 2.50 bits per heavy atom. The normalized spacial score (nSPS) is 14.4. The summed E-state index contributed by atoms with van der Waals surface area (Å²) in [5.74, 6) is 0.0519. The highest BCUT2D eigenvalue weighted by atomic mass is 19.1. The van der Waals surface area contributed by atoms with Crippen LogP contribution in [-0.4, -0.2) is 25.1 Å². The third kappa shape index (κ3) is 4.54. The Kier molecular flexibility index (Phi) is 6.01. The molecule has 0 saturated carbocycles. The topological polar surface area (TPSA) is 57.1 Å². The number of carbonyl (C=O) groups excluding carboxylic acids is 1. The van der Waals surface area contributed by atoms with Gasteiger partial charge in [-0.3, -0.25) is 0 Å². The number of hydrogen-bond donors (Lipinski definition) is 0. The van der Waals surface area contributed by atoms with Crippen LogP contribution in [0.4, 0.5) is 4.39 Å². The van der Waals surface area contributed by atoms with Gasteiger partial charge in [-0.1, -0.05) is 37.4 Å². The Morgan fingerprint density at radius 2 is 1.79 bits per heavy atom. The predicted molar refractivity (Wildman–Crippen MR) is 105 cm³/mol. The highest BCUT2D eigenvalue weighted by Crippen LogP contribution is 2.30. The first-order valence-corrected chi connectivity index (χ1v) is 8.50. The van der Waals surface area contributed by atoms with Crippen LogP contribution in [0.3, 0.4) is 0 Å². The highest BCUT2D eigenvalue weighted by molar-refractivity contribution is 6.12. The van der Waals surface area contributed by atoms with E-state index in [1.54, 1.807) is 42.5 Å². The molecule has 3 rings (SSSR count). The zero-order chi connectivity index (χ0) is 19.9. The van der Waals surface area contributed by atoms with Crippen molar-refractivity contribution in [1.82, 2.24) is 0 Å². The fourth-order valence-electron chi connectivity index (χ4n) is 2.46. The molecule has 0 aromatic heterocycles. The summed E-state index contributed by atoms with van der Waals surface area (Å²) in [4.78, 5) is 16.3. The van der Waals surface area contributed by atoms with Gasteiger partial charge in [0.05, 0.1) is 0 Å². The van der Waals surface area contributed by atoms with Gasteiger partial charge in [0, 0.05) is 5.56 Å². The summed E-state index contributed by atoms with van der Waals surface area (Å²) in [5, 5.41) is 0. The van der Waals surface area contributed by atoms with Gasteiger partial charge in [0.2, 0.25) is 5.90 Å². The number of cyclic esters (lactones) is 1. The Balaban J connectivity index is 1.90. The molecule has 0 unspecified atom stereocenters. The SMILES string of the molecule is C=CCOc1ccc(/C=C2/N=C(c3cccc(F)c3)OC2=O)cc1OCC=C. The molecule has 2 aromatic rings. The van der Waals surface area contributed by atoms with E-state index < -0.39 is 11.8 Å². The molecule has 0 saturated heterocycles. The lowest BCUT2D eigenvalue weighted by atomic mass is 10.1. The van der Waals surface area contributed by atoms with E-state index in [0.717, 1.165) is 0 Å². The van der Waals surface area contributed by atoms with Crippen LogP contribution in [-0.2, 0) is 9.53 Å². The molecular weight excluding hydrogens is 361 g/mol. The van der Waals surface area contributed by atoms with Gasteiger partial charge >= 0.3 is 5.97 Å². The number of nitrogens with zero attached hydrogens (tertiary/aromatic N) is 1. The maximum atomic E-state index is 13.4. The van der Waals surface area contributed by atoms with E-state index >= 15 is 0 Å². The number of esters is 1. The van der Waals surface area contributed by atoms with Crippen LogP contribution in [0, 0.1) is 5.82 Å². The molecule has 142 valence electrons. The summed E-state index contributed by atoms with van der Waals surface area (Å²) in [6.07, 6.45) is 4.81. The zero-order valence-corrected chi connectivity index (χ0v) is 15.1. The van der Waals surface area contributed by atoms with Gasteiger partial charge in [-0.25, -0.2) is 14.2 Å². The number of aliphatic imine (C=N–C) groups is 1. The van der Waals surface area contributed by atoms with Gasteiger partial charge in [0.1, 0.15) is 19.0 Å². The molecule has 5 nitrogen and oxygen atoms in total. The first kappa shape index (κ1) is 19.1. The van der Waals surface area contributed by atoms with Crippen LogP contribution in [0.2, 0.25) is 0 Å². The second kappa shape index (κ2) is 8.81. The van der Waals surface area contributed by atoms with E-state index in [2.05, 4.69) is 18.2 Å². The summed E-state index contributed by atoms with van der Waals surface area (Å²) in [5.41, 5.74) is 1.16. The van der Waals surface area contributed by atoms with Gasteiger partial charge in [-0.15, -0.1) is 0 Å². The first-order chi connectivity index (χ1) is 13.6. The smallest absolute Gasteiger partial charge is 0.363 e. The lowest BCUT2D eigenvalue weighted by Gasteiger charge is -2.11. The van der Waals surface area contributed by atoms with E-state index in [9.17, 15) is 9.18 Å². The molecule has 0 N–H and O–H groups in total. The molecule has 0 bridgehead atoms. The number of rotatable bonds is 8. The predicted octanol–water partition coefficient (Wildman–Crippen LogP) is 4.30. The van der Waals surface area contributed by atoms with Crippen molar-refractivity contribution < 1.29 is 23.4 Å². The monoisotopic (exact) mass is 379 g/mol. The van der Waals surface area contributed by atoms with Gasteiger partial charge in [0.15, 0.2) is 17.2 Å². The van der Waals surface area contributed by atoms with Crippen LogP contribution in [0.25, 0.3) is 6.08 Å². The van der Waals surface area contributed by atoms with Crippen LogP contribution >= 0.6 is 0 Å². The van der Waals surface area contributed by atoms with Crippen LogP contribution < -0.4 is 9.47 Å². The average molecular weight is 379 g/mol. The van der Waals surface area contributed by atoms with Gasteiger partial charge in [-0.2, -0.15) is 0 Å². The van der Waals surface area contributed by atoms with E-state index in [1.165, 1.54) is 18.2 Å². The summed E-state index contributed by atoms with van der Waals surface area (Å²) >= 11 is 0. The summed E-state index contributed by atoms with van der Waals surface area (Å²) in [6.45, 7) is 7.88. The number of hydrogen-bond acceptors (Lipinski definition) is 5. The quantitative estimate of drug-likeness (QED) is 0.390. The molecule has 0 atom stereocenters. The van der Waals surface area contributed by atoms with Gasteiger partial charge in [0.25, 0.3) is 0 Å². The lowest BCUT2D eigenvalue weighted by Crippen LogP contribution is -2.05. The molecule has 1 heterocycles. The number of ether oxygens (including phenoxy) is 3. The molecule has 0 fully saturated rings. The van der Waals surface area contributed by atoms with E-state index in [0.29, 0.717) is 35.8 Å². The molecule has 1 aliphatic heterocycles. The van der Waals surface area contributed by atoms with Gasteiger partial charge < -0.3 is 14.2 Å². The van der Waals surface area contributed by atoms with Crippen molar-refractivity contribution in [1.29, 1.82) is 0 Å². The van der Waals surface area contributed by atoms with E-state index in [-0.39, 0.29) is 11.6 Å². The van der Waals surface area contributed by atoms with Crippen LogP contribution in [0.1, 0.15) is 11.1 Å². The average Bonchev–Trinajstić information content (AvgIpc) is 3.06. The summed E-state index contributed by atoms with van der Waals surface area (Å²) < 4.78 is 29.7. The number of carbonyl (C=O) groups is 1. The third-order valence-corrected chi connectivity index (χ3v) is 3.68. The Bertz CT molecular complexity index is 978. The zero-order valence-electron chi connectivity index (χ0n) is 15.1. The minimum atomic E-state index is -0.611. The van der Waals surface area contributed by atoms with Crippen molar-refractivity contribution >= 4 is 17.9 Å². The van der Waals surface area contributed by atoms with Crippen molar-refractivity contribution in [3.8, 4) is 11.5 Å². The third-order valence-electron chi connectivity index (χ3n) is 3.68. The van der Waals surface area contributed by atoms with Crippen molar-refractivity contribution in [2.45, 2.75) is 0 Å². The maximum Gasteiger partial charge on any atom is 0.363 e. The molecule has 6 heteroatoms. The molecule has 0 aliphatic carbocycles. The minimum Gasteiger partial charge on any atom is -0.486 e. The summed E-state index contributed by atoms with van der Waals surface area (Å²) in [6, 6.07) is 10.9. The van der Waals surface area contributed by atoms with Crippen molar-refractivity contribution in [2.75, 3.05) is 13.2 Å².